The van der Waals surface area contributed by atoms with Gasteiger partial charge in [-0.25, -0.2) is 0 Å². The largest absolute Gasteiger partial charge is 0.368 e. The molecule has 2 aliphatic heterocycles. The maximum absolute atomic E-state index is 5.86. The van der Waals surface area contributed by atoms with Crippen LogP contribution in [-0.4, -0.2) is 60.4 Å². The molecule has 1 saturated carbocycles. The number of nitrogens with one attached hydrogen (secondary N) is 2. The van der Waals surface area contributed by atoms with E-state index in [1.807, 2.05) is 0 Å². The second kappa shape index (κ2) is 13.3. The van der Waals surface area contributed by atoms with Crippen LogP contribution in [0.5, 0.6) is 0 Å². The molecule has 2 N–H and O–H groups in total. The Labute approximate surface area is 256 Å². The van der Waals surface area contributed by atoms with Crippen LogP contribution in [0.3, 0.4) is 0 Å². The average Bonchev–Trinajstić information content (AvgIpc) is 3.05. The molecule has 222 valence electrons. The van der Waals surface area contributed by atoms with Gasteiger partial charge in [-0.05, 0) is 68.9 Å². The van der Waals surface area contributed by atoms with E-state index < -0.39 is 0 Å². The molecule has 0 radical (unpaired) electrons. The molecule has 2 saturated heterocycles. The van der Waals surface area contributed by atoms with Gasteiger partial charge >= 0.3 is 0 Å². The van der Waals surface area contributed by atoms with Gasteiger partial charge in [-0.3, -0.25) is 0 Å². The molecule has 2 aromatic carbocycles. The summed E-state index contributed by atoms with van der Waals surface area (Å²) in [7, 11) is 0. The summed E-state index contributed by atoms with van der Waals surface area (Å²) in [5.74, 6) is 2.56. The summed E-state index contributed by atoms with van der Waals surface area (Å²) in [6.07, 6.45) is 9.88. The number of rotatable bonds is 7. The van der Waals surface area contributed by atoms with Crippen molar-refractivity contribution in [2.45, 2.75) is 69.7 Å². The van der Waals surface area contributed by atoms with Gasteiger partial charge in [0.15, 0.2) is 5.11 Å². The first-order valence-electron chi connectivity index (χ1n) is 15.9. The minimum Gasteiger partial charge on any atom is -0.368 e. The van der Waals surface area contributed by atoms with E-state index in [1.54, 1.807) is 0 Å². The monoisotopic (exact) mass is 583 g/mol. The van der Waals surface area contributed by atoms with Gasteiger partial charge in [-0.15, -0.1) is 0 Å². The molecule has 1 aromatic heterocycles. The first-order valence-corrected chi connectivity index (χ1v) is 16.3. The summed E-state index contributed by atoms with van der Waals surface area (Å²) in [5.41, 5.74) is 2.81. The van der Waals surface area contributed by atoms with E-state index in [2.05, 4.69) is 99.0 Å². The predicted molar refractivity (Wildman–Crippen MR) is 179 cm³/mol. The zero-order valence-electron chi connectivity index (χ0n) is 25.0. The number of benzene rings is 2. The highest BCUT2D eigenvalue weighted by Crippen LogP contribution is 2.39. The third kappa shape index (κ3) is 6.64. The van der Waals surface area contributed by atoms with Crippen LogP contribution in [0.15, 0.2) is 66.7 Å². The van der Waals surface area contributed by atoms with Crippen LogP contribution in [0.4, 0.5) is 23.3 Å². The molecular weight excluding hydrogens is 538 g/mol. The van der Waals surface area contributed by atoms with E-state index in [1.165, 1.54) is 62.6 Å². The Hall–Kier alpha value is -3.39. The van der Waals surface area contributed by atoms with Crippen LogP contribution in [0.2, 0.25) is 0 Å². The molecule has 3 heterocycles. The van der Waals surface area contributed by atoms with Crippen LogP contribution in [0.25, 0.3) is 0 Å². The Balaban J connectivity index is 1.18. The van der Waals surface area contributed by atoms with Gasteiger partial charge < -0.3 is 25.3 Å². The number of piperazine rings is 1. The lowest BCUT2D eigenvalue weighted by molar-refractivity contribution is 0.292. The molecule has 3 aliphatic rings. The van der Waals surface area contributed by atoms with Crippen molar-refractivity contribution in [3.63, 3.8) is 0 Å². The number of thiocarbonyl (C=S) groups is 1. The molecule has 3 fully saturated rings. The molecule has 8 heteroatoms. The van der Waals surface area contributed by atoms with Crippen molar-refractivity contribution in [3.8, 4) is 0 Å². The van der Waals surface area contributed by atoms with E-state index in [0.717, 1.165) is 50.9 Å². The summed E-state index contributed by atoms with van der Waals surface area (Å²) in [4.78, 5) is 17.3. The van der Waals surface area contributed by atoms with Gasteiger partial charge in [0.25, 0.3) is 0 Å². The molecule has 0 unspecified atom stereocenters. The summed E-state index contributed by atoms with van der Waals surface area (Å²) >= 11 is 5.86. The van der Waals surface area contributed by atoms with Crippen molar-refractivity contribution in [1.29, 1.82) is 0 Å². The Morgan fingerprint density at radius 3 is 2.19 bits per heavy atom. The maximum Gasteiger partial charge on any atom is 0.232 e. The number of hydrogen-bond acceptors (Lipinski definition) is 6. The fourth-order valence-electron chi connectivity index (χ4n) is 7.04. The lowest BCUT2D eigenvalue weighted by atomic mass is 9.69. The third-order valence-corrected chi connectivity index (χ3v) is 9.78. The topological polar surface area (TPSA) is 59.6 Å². The number of hydrogen-bond donors (Lipinski definition) is 2. The normalized spacial score (nSPS) is 20.7. The van der Waals surface area contributed by atoms with Crippen LogP contribution >= 0.6 is 12.2 Å². The van der Waals surface area contributed by atoms with Gasteiger partial charge in [0.05, 0.1) is 0 Å². The van der Waals surface area contributed by atoms with Crippen molar-refractivity contribution >= 4 is 40.6 Å². The van der Waals surface area contributed by atoms with E-state index in [9.17, 15) is 0 Å². The number of aromatic nitrogens is 2. The first kappa shape index (κ1) is 28.7. The van der Waals surface area contributed by atoms with E-state index in [0.29, 0.717) is 17.1 Å². The van der Waals surface area contributed by atoms with Crippen molar-refractivity contribution in [3.05, 3.63) is 72.3 Å². The minimum atomic E-state index is 0.112. The van der Waals surface area contributed by atoms with Crippen LogP contribution in [-0.2, 0) is 5.41 Å². The molecular formula is C34H45N7S. The van der Waals surface area contributed by atoms with E-state index in [-0.39, 0.29) is 5.41 Å². The Morgan fingerprint density at radius 2 is 1.48 bits per heavy atom. The Bertz CT molecular complexity index is 1300. The fourth-order valence-corrected chi connectivity index (χ4v) is 7.20. The number of piperidine rings is 1. The zero-order valence-corrected chi connectivity index (χ0v) is 25.8. The van der Waals surface area contributed by atoms with Crippen LogP contribution < -0.4 is 25.3 Å². The number of nitrogens with zero attached hydrogens (tertiary/aromatic N) is 5. The van der Waals surface area contributed by atoms with Crippen LogP contribution in [0, 0.1) is 0 Å². The molecule has 1 aliphatic carbocycles. The van der Waals surface area contributed by atoms with Gasteiger partial charge in [0.1, 0.15) is 11.6 Å². The second-order valence-electron chi connectivity index (χ2n) is 12.3. The summed E-state index contributed by atoms with van der Waals surface area (Å²) < 4.78 is 0. The zero-order chi connectivity index (χ0) is 28.8. The van der Waals surface area contributed by atoms with Crippen molar-refractivity contribution < 1.29 is 0 Å². The lowest BCUT2D eigenvalue weighted by Crippen LogP contribution is -2.47. The first-order chi connectivity index (χ1) is 20.6. The van der Waals surface area contributed by atoms with Crippen molar-refractivity contribution in [1.82, 2.24) is 15.3 Å². The number of para-hydroxylation sites is 1. The molecule has 0 amide bonds. The fraction of sp³-hybridized carbons (Fsp3) is 0.500. The molecule has 0 bridgehead atoms. The molecule has 7 nitrogen and oxygen atoms in total. The van der Waals surface area contributed by atoms with Gasteiger partial charge in [-0.1, -0.05) is 67.8 Å². The highest BCUT2D eigenvalue weighted by atomic mass is 32.1. The minimum absolute atomic E-state index is 0.112. The highest BCUT2D eigenvalue weighted by Gasteiger charge is 2.34. The average molecular weight is 584 g/mol. The standard InChI is InChI=1S/C34H45N7S/c1-27-13-9-12-20-41(27)31-25-30(40-23-21-39(22-24-40)29-16-7-3-8-17-29)36-32(37-31)38-33(42)35-26-34(18-10-4-11-19-34)28-14-5-2-6-15-28/h2-3,5-8,14-17,25,27H,4,9-13,18-24,26H2,1H3,(H2,35,36,37,38,42)/t27-/m0/s1. The summed E-state index contributed by atoms with van der Waals surface area (Å²) in [6.45, 7) is 7.93. The predicted octanol–water partition coefficient (Wildman–Crippen LogP) is 6.37. The molecule has 3 aromatic rings. The van der Waals surface area contributed by atoms with Gasteiger partial charge in [0.2, 0.25) is 5.95 Å². The summed E-state index contributed by atoms with van der Waals surface area (Å²) in [5, 5.41) is 7.57. The van der Waals surface area contributed by atoms with Gasteiger partial charge in [-0.2, -0.15) is 9.97 Å². The summed E-state index contributed by atoms with van der Waals surface area (Å²) in [6, 6.07) is 24.3. The van der Waals surface area contributed by atoms with E-state index >= 15 is 0 Å². The lowest BCUT2D eigenvalue weighted by Gasteiger charge is -2.39. The molecule has 42 heavy (non-hydrogen) atoms. The van der Waals surface area contributed by atoms with Gasteiger partial charge in [0, 0.05) is 62.5 Å². The van der Waals surface area contributed by atoms with Crippen molar-refractivity contribution in [2.75, 3.05) is 59.3 Å². The quantitative estimate of drug-likeness (QED) is 0.311. The van der Waals surface area contributed by atoms with E-state index in [4.69, 9.17) is 22.2 Å². The molecule has 1 atom stereocenters. The SMILES string of the molecule is C[C@H]1CCCCN1c1cc(N2CCN(c3ccccc3)CC2)nc(NC(=S)NCC2(c3ccccc3)CCCCC2)n1. The molecule has 6 rings (SSSR count). The van der Waals surface area contributed by atoms with Crippen LogP contribution in [0.1, 0.15) is 63.9 Å². The highest BCUT2D eigenvalue weighted by molar-refractivity contribution is 7.80. The smallest absolute Gasteiger partial charge is 0.232 e. The number of anilines is 4. The Morgan fingerprint density at radius 1 is 0.810 bits per heavy atom. The Kier molecular flexibility index (Phi) is 9.08. The molecule has 0 spiro atoms. The van der Waals surface area contributed by atoms with Crippen molar-refractivity contribution in [2.24, 2.45) is 0 Å². The third-order valence-electron chi connectivity index (χ3n) is 9.53. The second-order valence-corrected chi connectivity index (χ2v) is 12.7. The maximum atomic E-state index is 5.86.